The number of rotatable bonds is 6. The van der Waals surface area contributed by atoms with Gasteiger partial charge in [-0.25, -0.2) is 0 Å². The van der Waals surface area contributed by atoms with Crippen molar-refractivity contribution in [1.29, 1.82) is 0 Å². The summed E-state index contributed by atoms with van der Waals surface area (Å²) in [5.74, 6) is -1.29. The lowest BCUT2D eigenvalue weighted by molar-refractivity contribution is -0.122. The van der Waals surface area contributed by atoms with E-state index in [-0.39, 0.29) is 17.6 Å². The van der Waals surface area contributed by atoms with E-state index >= 15 is 0 Å². The molecule has 214 valence electrons. The molecule has 43 heavy (non-hydrogen) atoms. The number of hydrogen-bond acceptors (Lipinski definition) is 6. The first-order valence-electron chi connectivity index (χ1n) is 14.1. The number of fused-ring (bicyclic) bond motifs is 6. The molecular formula is C35H29N3O5. The van der Waals surface area contributed by atoms with Gasteiger partial charge in [-0.3, -0.25) is 14.4 Å². The van der Waals surface area contributed by atoms with Crippen molar-refractivity contribution in [3.63, 3.8) is 0 Å². The molecule has 7 rings (SSSR count). The van der Waals surface area contributed by atoms with E-state index in [0.717, 1.165) is 11.3 Å². The highest BCUT2D eigenvalue weighted by Gasteiger charge is 2.70. The van der Waals surface area contributed by atoms with Gasteiger partial charge >= 0.3 is 0 Å². The summed E-state index contributed by atoms with van der Waals surface area (Å²) in [6, 6.07) is 27.6. The second-order valence-electron chi connectivity index (χ2n) is 10.9. The van der Waals surface area contributed by atoms with Gasteiger partial charge in [-0.2, -0.15) is 0 Å². The van der Waals surface area contributed by atoms with Crippen molar-refractivity contribution in [3.05, 3.63) is 120 Å². The Labute approximate surface area is 248 Å². The zero-order valence-electron chi connectivity index (χ0n) is 23.6. The number of carbonyl (C=O) groups is 3. The number of ether oxygens (including phenoxy) is 2. The first kappa shape index (κ1) is 26.5. The highest BCUT2D eigenvalue weighted by Crippen LogP contribution is 2.57. The number of nitrogens with zero attached hydrogens (tertiary/aromatic N) is 1. The maximum absolute atomic E-state index is 14.9. The van der Waals surface area contributed by atoms with Crippen LogP contribution in [0.15, 0.2) is 103 Å². The van der Waals surface area contributed by atoms with Gasteiger partial charge in [-0.15, -0.1) is 0 Å². The van der Waals surface area contributed by atoms with E-state index in [1.54, 1.807) is 30.3 Å². The molecule has 8 heteroatoms. The molecule has 1 spiro atoms. The van der Waals surface area contributed by atoms with Gasteiger partial charge in [0.15, 0.2) is 17.3 Å². The molecule has 0 bridgehead atoms. The van der Waals surface area contributed by atoms with Crippen LogP contribution >= 0.6 is 0 Å². The number of methoxy groups -OCH3 is 2. The standard InChI is InChI=1S/C35H29N3O5/c1-42-27-18-16-22(20-28(27)43-2)32(39)30-31(33(40)36-23-11-4-3-5-12-23)38-26-15-9-6-10-21(26)17-19-29(38)35(30)24-13-7-8-14-25(24)37-34(35)41/h3-20,29-31H,1-2H3,(H,36,40)(H,37,41)/t29-,30-,31+,35-/m0/s1. The number of amides is 2. The van der Waals surface area contributed by atoms with Crippen LogP contribution in [-0.2, 0) is 15.0 Å². The maximum atomic E-state index is 14.9. The van der Waals surface area contributed by atoms with Crippen molar-refractivity contribution in [3.8, 4) is 11.5 Å². The lowest BCUT2D eigenvalue weighted by atomic mass is 9.64. The topological polar surface area (TPSA) is 97.0 Å². The minimum absolute atomic E-state index is 0.314. The van der Waals surface area contributed by atoms with Gasteiger partial charge in [0.2, 0.25) is 11.8 Å². The molecule has 8 nitrogen and oxygen atoms in total. The average Bonchev–Trinajstić information content (AvgIpc) is 3.53. The zero-order chi connectivity index (χ0) is 29.7. The van der Waals surface area contributed by atoms with Gasteiger partial charge in [0.05, 0.1) is 26.2 Å². The molecule has 3 aliphatic rings. The fourth-order valence-electron chi connectivity index (χ4n) is 7.03. The van der Waals surface area contributed by atoms with Gasteiger partial charge in [-0.05, 0) is 53.6 Å². The monoisotopic (exact) mass is 571 g/mol. The Kier molecular flexibility index (Phi) is 6.27. The molecule has 3 aliphatic heterocycles. The molecule has 0 aliphatic carbocycles. The molecule has 2 N–H and O–H groups in total. The van der Waals surface area contributed by atoms with Crippen molar-refractivity contribution in [2.45, 2.75) is 17.5 Å². The largest absolute Gasteiger partial charge is 0.493 e. The van der Waals surface area contributed by atoms with Crippen LogP contribution in [-0.4, -0.2) is 43.9 Å². The SMILES string of the molecule is COc1ccc(C(=O)[C@@H]2[C@H](C(=O)Nc3ccccc3)N3c4ccccc4C=C[C@H]3[C@]23C(=O)Nc2ccccc23)cc1OC. The summed E-state index contributed by atoms with van der Waals surface area (Å²) in [6.45, 7) is 0. The number of ketones is 1. The highest BCUT2D eigenvalue weighted by atomic mass is 16.5. The first-order valence-corrected chi connectivity index (χ1v) is 14.1. The Morgan fingerprint density at radius 3 is 2.37 bits per heavy atom. The van der Waals surface area contributed by atoms with Crippen LogP contribution in [0, 0.1) is 5.92 Å². The van der Waals surface area contributed by atoms with Gasteiger partial charge < -0.3 is 25.0 Å². The molecular weight excluding hydrogens is 542 g/mol. The number of nitrogens with one attached hydrogen (secondary N) is 2. The van der Waals surface area contributed by atoms with E-state index < -0.39 is 23.4 Å². The van der Waals surface area contributed by atoms with Crippen LogP contribution in [0.4, 0.5) is 17.1 Å². The quantitative estimate of drug-likeness (QED) is 0.304. The smallest absolute Gasteiger partial charge is 0.247 e. The van der Waals surface area contributed by atoms with Crippen LogP contribution in [0.1, 0.15) is 21.5 Å². The molecule has 4 aromatic carbocycles. The summed E-state index contributed by atoms with van der Waals surface area (Å²) in [5.41, 5.74) is 2.51. The third-order valence-electron chi connectivity index (χ3n) is 8.80. The molecule has 4 atom stereocenters. The van der Waals surface area contributed by atoms with Crippen LogP contribution in [0.2, 0.25) is 0 Å². The Hall–Kier alpha value is -5.37. The van der Waals surface area contributed by atoms with E-state index in [0.29, 0.717) is 34.0 Å². The Balaban J connectivity index is 1.48. The average molecular weight is 572 g/mol. The number of benzene rings is 4. The molecule has 0 aromatic heterocycles. The van der Waals surface area contributed by atoms with E-state index in [4.69, 9.17) is 9.47 Å². The zero-order valence-corrected chi connectivity index (χ0v) is 23.6. The highest BCUT2D eigenvalue weighted by molar-refractivity contribution is 6.17. The summed E-state index contributed by atoms with van der Waals surface area (Å²) in [6.07, 6.45) is 3.93. The molecule has 1 saturated heterocycles. The van der Waals surface area contributed by atoms with Gasteiger partial charge in [0.25, 0.3) is 0 Å². The Morgan fingerprint density at radius 1 is 0.860 bits per heavy atom. The van der Waals surface area contributed by atoms with E-state index in [2.05, 4.69) is 10.6 Å². The molecule has 3 heterocycles. The summed E-state index contributed by atoms with van der Waals surface area (Å²) in [7, 11) is 3.03. The minimum Gasteiger partial charge on any atom is -0.493 e. The minimum atomic E-state index is -1.40. The summed E-state index contributed by atoms with van der Waals surface area (Å²) >= 11 is 0. The fraction of sp³-hybridized carbons (Fsp3) is 0.171. The second-order valence-corrected chi connectivity index (χ2v) is 10.9. The van der Waals surface area contributed by atoms with Gasteiger partial charge in [-0.1, -0.05) is 66.7 Å². The number of para-hydroxylation sites is 3. The predicted molar refractivity (Wildman–Crippen MR) is 165 cm³/mol. The van der Waals surface area contributed by atoms with Crippen molar-refractivity contribution in [2.75, 3.05) is 29.8 Å². The fourth-order valence-corrected chi connectivity index (χ4v) is 7.03. The van der Waals surface area contributed by atoms with Crippen molar-refractivity contribution < 1.29 is 23.9 Å². The number of hydrogen-bond donors (Lipinski definition) is 2. The number of carbonyl (C=O) groups excluding carboxylic acids is 3. The van der Waals surface area contributed by atoms with Crippen molar-refractivity contribution in [1.82, 2.24) is 0 Å². The van der Waals surface area contributed by atoms with Crippen LogP contribution in [0.25, 0.3) is 6.08 Å². The van der Waals surface area contributed by atoms with Crippen LogP contribution < -0.4 is 25.0 Å². The Bertz CT molecular complexity index is 1800. The third-order valence-corrected chi connectivity index (χ3v) is 8.80. The van der Waals surface area contributed by atoms with Crippen LogP contribution in [0.3, 0.4) is 0 Å². The van der Waals surface area contributed by atoms with E-state index in [1.165, 1.54) is 14.2 Å². The third kappa shape index (κ3) is 3.86. The van der Waals surface area contributed by atoms with Crippen LogP contribution in [0.5, 0.6) is 11.5 Å². The van der Waals surface area contributed by atoms with Gasteiger partial charge in [0, 0.05) is 22.6 Å². The number of anilines is 3. The van der Waals surface area contributed by atoms with Crippen molar-refractivity contribution in [2.24, 2.45) is 5.92 Å². The maximum Gasteiger partial charge on any atom is 0.247 e. The summed E-state index contributed by atoms with van der Waals surface area (Å²) in [5, 5.41) is 6.08. The number of Topliss-reactive ketones (excluding diaryl/α,β-unsaturated/α-hetero) is 1. The molecule has 4 aromatic rings. The summed E-state index contributed by atoms with van der Waals surface area (Å²) < 4.78 is 10.9. The normalized spacial score (nSPS) is 22.8. The first-order chi connectivity index (χ1) is 21.0. The molecule has 0 radical (unpaired) electrons. The lowest BCUT2D eigenvalue weighted by Crippen LogP contribution is -2.51. The predicted octanol–water partition coefficient (Wildman–Crippen LogP) is 5.32. The van der Waals surface area contributed by atoms with E-state index in [9.17, 15) is 14.4 Å². The Morgan fingerprint density at radius 2 is 1.58 bits per heavy atom. The lowest BCUT2D eigenvalue weighted by Gasteiger charge is -2.37. The van der Waals surface area contributed by atoms with Crippen molar-refractivity contribution >= 4 is 40.7 Å². The second kappa shape index (κ2) is 10.2. The van der Waals surface area contributed by atoms with E-state index in [1.807, 2.05) is 83.8 Å². The molecule has 0 unspecified atom stereocenters. The molecule has 0 saturated carbocycles. The molecule has 1 fully saturated rings. The van der Waals surface area contributed by atoms with Gasteiger partial charge in [0.1, 0.15) is 11.5 Å². The molecule has 2 amide bonds. The summed E-state index contributed by atoms with van der Waals surface area (Å²) in [4.78, 5) is 45.8.